The molecule has 0 aliphatic carbocycles. The highest BCUT2D eigenvalue weighted by molar-refractivity contribution is 5.96. The molecule has 0 amide bonds. The Morgan fingerprint density at radius 3 is 2.76 bits per heavy atom. The molecule has 2 N–H and O–H groups in total. The molecule has 0 bridgehead atoms. The van der Waals surface area contributed by atoms with Gasteiger partial charge >= 0.3 is 0 Å². The summed E-state index contributed by atoms with van der Waals surface area (Å²) in [6.45, 7) is 5.80. The molecule has 0 saturated heterocycles. The molecule has 2 unspecified atom stereocenters. The van der Waals surface area contributed by atoms with E-state index in [0.717, 1.165) is 5.69 Å². The summed E-state index contributed by atoms with van der Waals surface area (Å²) in [6, 6.07) is 6.83. The van der Waals surface area contributed by atoms with E-state index in [1.54, 1.807) is 6.07 Å². The van der Waals surface area contributed by atoms with Crippen LogP contribution in [0.5, 0.6) is 0 Å². The number of hydrogen-bond acceptors (Lipinski definition) is 5. The number of benzene rings is 1. The number of nitro groups is 1. The van der Waals surface area contributed by atoms with Crippen LogP contribution in [0.25, 0.3) is 10.9 Å². The van der Waals surface area contributed by atoms with Gasteiger partial charge in [0.15, 0.2) is 5.52 Å². The third-order valence-corrected chi connectivity index (χ3v) is 3.67. The number of nitrogens with one attached hydrogen (secondary N) is 1. The molecule has 6 nitrogen and oxygen atoms in total. The van der Waals surface area contributed by atoms with Crippen LogP contribution >= 0.6 is 0 Å². The number of aliphatic hydroxyl groups excluding tert-OH is 1. The second kappa shape index (κ2) is 6.05. The predicted octanol–water partition coefficient (Wildman–Crippen LogP) is 2.88. The number of aryl methyl sites for hydroxylation is 1. The minimum atomic E-state index is -0.418. The smallest absolute Gasteiger partial charge is 0.295 e. The maximum absolute atomic E-state index is 11.1. The van der Waals surface area contributed by atoms with E-state index in [4.69, 9.17) is 0 Å². The van der Waals surface area contributed by atoms with Gasteiger partial charge in [0, 0.05) is 35.5 Å². The molecular formula is C15H19N3O3. The highest BCUT2D eigenvalue weighted by Gasteiger charge is 2.17. The van der Waals surface area contributed by atoms with Crippen molar-refractivity contribution >= 4 is 22.3 Å². The highest BCUT2D eigenvalue weighted by Crippen LogP contribution is 2.30. The lowest BCUT2D eigenvalue weighted by atomic mass is 10.0. The summed E-state index contributed by atoms with van der Waals surface area (Å²) in [5.74, 6) is 0.0761. The maximum atomic E-state index is 11.1. The van der Waals surface area contributed by atoms with E-state index in [1.165, 1.54) is 6.07 Å². The van der Waals surface area contributed by atoms with Gasteiger partial charge in [-0.3, -0.25) is 10.1 Å². The Morgan fingerprint density at radius 1 is 1.43 bits per heavy atom. The Balaban J connectivity index is 2.54. The Morgan fingerprint density at radius 2 is 2.14 bits per heavy atom. The molecule has 0 saturated carbocycles. The second-order valence-corrected chi connectivity index (χ2v) is 5.33. The van der Waals surface area contributed by atoms with Gasteiger partial charge in [0.2, 0.25) is 0 Å². The second-order valence-electron chi connectivity index (χ2n) is 5.33. The van der Waals surface area contributed by atoms with Crippen molar-refractivity contribution in [3.05, 3.63) is 40.1 Å². The lowest BCUT2D eigenvalue weighted by Crippen LogP contribution is -2.26. The van der Waals surface area contributed by atoms with Crippen molar-refractivity contribution in [3.63, 3.8) is 0 Å². The Bertz CT molecular complexity index is 673. The summed E-state index contributed by atoms with van der Waals surface area (Å²) in [7, 11) is 0. The highest BCUT2D eigenvalue weighted by atomic mass is 16.6. The molecule has 1 aromatic carbocycles. The van der Waals surface area contributed by atoms with Gasteiger partial charge in [0.1, 0.15) is 0 Å². The molecule has 0 aliphatic rings. The molecule has 112 valence electrons. The van der Waals surface area contributed by atoms with Crippen LogP contribution in [0.15, 0.2) is 24.3 Å². The lowest BCUT2D eigenvalue weighted by molar-refractivity contribution is -0.383. The summed E-state index contributed by atoms with van der Waals surface area (Å²) < 4.78 is 0. The number of para-hydroxylation sites is 1. The molecule has 1 heterocycles. The molecule has 0 radical (unpaired) electrons. The fourth-order valence-corrected chi connectivity index (χ4v) is 2.17. The first-order valence-electron chi connectivity index (χ1n) is 6.86. The molecule has 6 heteroatoms. The number of fused-ring (bicyclic) bond motifs is 1. The average molecular weight is 289 g/mol. The third-order valence-electron chi connectivity index (χ3n) is 3.67. The number of non-ortho nitro benzene ring substituents is 1. The van der Waals surface area contributed by atoms with Crippen molar-refractivity contribution in [1.82, 2.24) is 4.98 Å². The maximum Gasteiger partial charge on any atom is 0.295 e. The van der Waals surface area contributed by atoms with Gasteiger partial charge < -0.3 is 10.4 Å². The average Bonchev–Trinajstić information content (AvgIpc) is 2.45. The van der Waals surface area contributed by atoms with Crippen LogP contribution in [0.2, 0.25) is 0 Å². The number of nitrogens with zero attached hydrogens (tertiary/aromatic N) is 2. The van der Waals surface area contributed by atoms with E-state index in [2.05, 4.69) is 10.3 Å². The van der Waals surface area contributed by atoms with Gasteiger partial charge in [-0.2, -0.15) is 0 Å². The molecule has 21 heavy (non-hydrogen) atoms. The van der Waals surface area contributed by atoms with Crippen LogP contribution in [-0.4, -0.2) is 27.7 Å². The molecular weight excluding hydrogens is 270 g/mol. The lowest BCUT2D eigenvalue weighted by Gasteiger charge is -2.21. The number of nitro benzene ring substituents is 1. The van der Waals surface area contributed by atoms with Gasteiger partial charge in [-0.15, -0.1) is 0 Å². The number of rotatable bonds is 5. The fourth-order valence-electron chi connectivity index (χ4n) is 2.17. The summed E-state index contributed by atoms with van der Waals surface area (Å²) in [6.07, 6.45) is 0. The quantitative estimate of drug-likeness (QED) is 0.652. The largest absolute Gasteiger partial charge is 0.396 e. The first-order chi connectivity index (χ1) is 9.93. The molecule has 2 rings (SSSR count). The molecule has 2 aromatic rings. The Labute approximate surface area is 123 Å². The summed E-state index contributed by atoms with van der Waals surface area (Å²) >= 11 is 0. The monoisotopic (exact) mass is 289 g/mol. The van der Waals surface area contributed by atoms with Crippen LogP contribution in [-0.2, 0) is 0 Å². The number of aliphatic hydroxyl groups is 1. The number of pyridine rings is 1. The van der Waals surface area contributed by atoms with Gasteiger partial charge in [-0.05, 0) is 25.8 Å². The van der Waals surface area contributed by atoms with E-state index in [9.17, 15) is 15.2 Å². The Kier molecular flexibility index (Phi) is 4.37. The van der Waals surface area contributed by atoms with Gasteiger partial charge in [0.25, 0.3) is 5.69 Å². The first-order valence-corrected chi connectivity index (χ1v) is 6.86. The van der Waals surface area contributed by atoms with Crippen LogP contribution < -0.4 is 5.32 Å². The minimum absolute atomic E-state index is 0.00195. The van der Waals surface area contributed by atoms with Gasteiger partial charge in [0.05, 0.1) is 4.92 Å². The topological polar surface area (TPSA) is 88.3 Å². The van der Waals surface area contributed by atoms with Crippen molar-refractivity contribution in [1.29, 1.82) is 0 Å². The standard InChI is InChI=1S/C15H19N3O3/c1-9(8-19)11(3)17-13-7-10(2)16-15-12(13)5-4-6-14(15)18(20)21/h4-7,9,11,19H,8H2,1-3H3,(H,16,17). The van der Waals surface area contributed by atoms with E-state index < -0.39 is 4.92 Å². The summed E-state index contributed by atoms with van der Waals surface area (Å²) in [5, 5.41) is 24.4. The third kappa shape index (κ3) is 3.11. The zero-order valence-corrected chi connectivity index (χ0v) is 12.3. The Hall–Kier alpha value is -2.21. The van der Waals surface area contributed by atoms with Crippen LogP contribution in [0.4, 0.5) is 11.4 Å². The summed E-state index contributed by atoms with van der Waals surface area (Å²) in [5.41, 5.74) is 1.90. The predicted molar refractivity (Wildman–Crippen MR) is 82.5 cm³/mol. The van der Waals surface area contributed by atoms with E-state index >= 15 is 0 Å². The zero-order chi connectivity index (χ0) is 15.6. The molecule has 0 spiro atoms. The zero-order valence-electron chi connectivity index (χ0n) is 12.3. The van der Waals surface area contributed by atoms with Crippen molar-refractivity contribution in [3.8, 4) is 0 Å². The SMILES string of the molecule is Cc1cc(NC(C)C(C)CO)c2cccc([N+](=O)[O-])c2n1. The fraction of sp³-hybridized carbons (Fsp3) is 0.400. The van der Waals surface area contributed by atoms with Crippen LogP contribution in [0.3, 0.4) is 0 Å². The number of anilines is 1. The summed E-state index contributed by atoms with van der Waals surface area (Å²) in [4.78, 5) is 15.0. The van der Waals surface area contributed by atoms with Gasteiger partial charge in [-0.25, -0.2) is 4.98 Å². The van der Waals surface area contributed by atoms with Crippen molar-refractivity contribution in [2.24, 2.45) is 5.92 Å². The van der Waals surface area contributed by atoms with Crippen LogP contribution in [0, 0.1) is 23.0 Å². The van der Waals surface area contributed by atoms with Gasteiger partial charge in [-0.1, -0.05) is 19.1 Å². The molecule has 2 atom stereocenters. The van der Waals surface area contributed by atoms with Crippen molar-refractivity contribution < 1.29 is 10.0 Å². The van der Waals surface area contributed by atoms with E-state index in [1.807, 2.05) is 32.9 Å². The normalized spacial score (nSPS) is 13.9. The molecule has 1 aromatic heterocycles. The number of aromatic nitrogens is 1. The molecule has 0 fully saturated rings. The minimum Gasteiger partial charge on any atom is -0.396 e. The first kappa shape index (κ1) is 15.2. The van der Waals surface area contributed by atoms with E-state index in [-0.39, 0.29) is 24.3 Å². The van der Waals surface area contributed by atoms with Crippen molar-refractivity contribution in [2.45, 2.75) is 26.8 Å². The number of hydrogen-bond donors (Lipinski definition) is 2. The van der Waals surface area contributed by atoms with E-state index in [0.29, 0.717) is 16.6 Å². The molecule has 0 aliphatic heterocycles. The van der Waals surface area contributed by atoms with Crippen LogP contribution in [0.1, 0.15) is 19.5 Å². The van der Waals surface area contributed by atoms with Crippen molar-refractivity contribution in [2.75, 3.05) is 11.9 Å².